The molecule has 0 aliphatic carbocycles. The highest BCUT2D eigenvalue weighted by Gasteiger charge is 2.32. The van der Waals surface area contributed by atoms with E-state index >= 15 is 0 Å². The highest BCUT2D eigenvalue weighted by molar-refractivity contribution is 5.81. The number of hydrogen-bond donors (Lipinski definition) is 0. The van der Waals surface area contributed by atoms with Crippen LogP contribution in [0.1, 0.15) is 22.7 Å². The minimum Gasteiger partial charge on any atom is -0.493 e. The van der Waals surface area contributed by atoms with Crippen LogP contribution in [0.15, 0.2) is 45.6 Å². The predicted octanol–water partition coefficient (Wildman–Crippen LogP) is 3.27. The number of aryl methyl sites for hydroxylation is 1. The van der Waals surface area contributed by atoms with Crippen molar-refractivity contribution in [2.75, 3.05) is 41.1 Å². The molecule has 0 N–H and O–H groups in total. The summed E-state index contributed by atoms with van der Waals surface area (Å²) in [6.07, 6.45) is 0.683. The van der Waals surface area contributed by atoms with Crippen molar-refractivity contribution in [1.29, 1.82) is 0 Å². The van der Waals surface area contributed by atoms with Crippen LogP contribution in [0.4, 0.5) is 0 Å². The first kappa shape index (κ1) is 22.7. The van der Waals surface area contributed by atoms with Crippen molar-refractivity contribution in [3.63, 3.8) is 0 Å². The Labute approximate surface area is 191 Å². The Morgan fingerprint density at radius 3 is 2.58 bits per heavy atom. The topological polar surface area (TPSA) is 87.4 Å². The molecule has 2 heterocycles. The monoisotopic (exact) mass is 453 g/mol. The van der Waals surface area contributed by atoms with E-state index in [4.69, 9.17) is 23.4 Å². The fourth-order valence-electron chi connectivity index (χ4n) is 4.28. The van der Waals surface area contributed by atoms with Gasteiger partial charge in [-0.2, -0.15) is 0 Å². The molecule has 1 amide bonds. The molecule has 174 valence electrons. The minimum absolute atomic E-state index is 0.0144. The van der Waals surface area contributed by atoms with E-state index in [1.807, 2.05) is 31.2 Å². The Morgan fingerprint density at radius 1 is 1.09 bits per heavy atom. The van der Waals surface area contributed by atoms with Crippen LogP contribution in [0.3, 0.4) is 0 Å². The molecule has 1 aliphatic rings. The van der Waals surface area contributed by atoms with E-state index in [1.54, 1.807) is 25.2 Å². The van der Waals surface area contributed by atoms with Gasteiger partial charge in [-0.1, -0.05) is 0 Å². The van der Waals surface area contributed by atoms with Gasteiger partial charge in [0.25, 0.3) is 0 Å². The Morgan fingerprint density at radius 2 is 1.85 bits per heavy atom. The summed E-state index contributed by atoms with van der Waals surface area (Å²) in [6.45, 7) is 2.59. The summed E-state index contributed by atoms with van der Waals surface area (Å²) in [5, 5.41) is 0.846. The van der Waals surface area contributed by atoms with Gasteiger partial charge < -0.3 is 28.3 Å². The zero-order chi connectivity index (χ0) is 23.5. The second-order valence-corrected chi connectivity index (χ2v) is 7.91. The number of ether oxygens (including phenoxy) is 4. The van der Waals surface area contributed by atoms with Crippen molar-refractivity contribution in [2.45, 2.75) is 19.4 Å². The number of carbonyl (C=O) groups excluding carboxylic acids is 1. The van der Waals surface area contributed by atoms with Gasteiger partial charge in [-0.05, 0) is 54.3 Å². The molecule has 0 spiro atoms. The lowest BCUT2D eigenvalue weighted by Gasteiger charge is -2.37. The third-order valence-electron chi connectivity index (χ3n) is 5.92. The SMILES string of the molecule is COCC(=O)N1CCc2cc(OC)c(OC)cc2C1COc1ccc2c(C)cc(=O)oc2c1. The maximum Gasteiger partial charge on any atom is 0.336 e. The maximum atomic E-state index is 12.8. The summed E-state index contributed by atoms with van der Waals surface area (Å²) in [5.41, 5.74) is 2.90. The maximum absolute atomic E-state index is 12.8. The average Bonchev–Trinajstić information content (AvgIpc) is 2.81. The molecule has 1 atom stereocenters. The van der Waals surface area contributed by atoms with Gasteiger partial charge in [0.1, 0.15) is 24.5 Å². The summed E-state index contributed by atoms with van der Waals surface area (Å²) < 4.78 is 27.5. The Kier molecular flexibility index (Phi) is 6.55. The zero-order valence-electron chi connectivity index (χ0n) is 19.2. The Balaban J connectivity index is 1.67. The first-order valence-electron chi connectivity index (χ1n) is 10.7. The summed E-state index contributed by atoms with van der Waals surface area (Å²) in [7, 11) is 4.68. The quantitative estimate of drug-likeness (QED) is 0.508. The number of carbonyl (C=O) groups is 1. The van der Waals surface area contributed by atoms with Crippen LogP contribution in [0.25, 0.3) is 11.0 Å². The van der Waals surface area contributed by atoms with Crippen molar-refractivity contribution < 1.29 is 28.2 Å². The Hall–Kier alpha value is -3.52. The fourth-order valence-corrected chi connectivity index (χ4v) is 4.28. The van der Waals surface area contributed by atoms with Crippen molar-refractivity contribution in [3.05, 3.63) is 63.5 Å². The van der Waals surface area contributed by atoms with Gasteiger partial charge in [0.15, 0.2) is 11.5 Å². The normalized spacial score (nSPS) is 15.3. The minimum atomic E-state index is -0.407. The summed E-state index contributed by atoms with van der Waals surface area (Å²) >= 11 is 0. The highest BCUT2D eigenvalue weighted by atomic mass is 16.5. The summed E-state index contributed by atoms with van der Waals surface area (Å²) in [5.74, 6) is 1.66. The number of benzene rings is 2. The molecule has 0 bridgehead atoms. The van der Waals surface area contributed by atoms with Gasteiger partial charge >= 0.3 is 5.63 Å². The Bertz CT molecular complexity index is 1230. The van der Waals surface area contributed by atoms with Crippen LogP contribution in [-0.2, 0) is 16.0 Å². The van der Waals surface area contributed by atoms with E-state index in [-0.39, 0.29) is 25.2 Å². The molecule has 1 unspecified atom stereocenters. The molecule has 0 fully saturated rings. The summed E-state index contributed by atoms with van der Waals surface area (Å²) in [6, 6.07) is 10.3. The van der Waals surface area contributed by atoms with Crippen LogP contribution >= 0.6 is 0 Å². The van der Waals surface area contributed by atoms with Crippen LogP contribution in [0, 0.1) is 6.92 Å². The van der Waals surface area contributed by atoms with Crippen LogP contribution in [0.5, 0.6) is 17.2 Å². The van der Waals surface area contributed by atoms with Gasteiger partial charge in [0.2, 0.25) is 5.91 Å². The average molecular weight is 453 g/mol. The first-order valence-corrected chi connectivity index (χ1v) is 10.7. The lowest BCUT2D eigenvalue weighted by atomic mass is 9.92. The van der Waals surface area contributed by atoms with E-state index in [0.717, 1.165) is 22.1 Å². The molecule has 8 nitrogen and oxygen atoms in total. The van der Waals surface area contributed by atoms with E-state index < -0.39 is 5.63 Å². The molecule has 1 aromatic heterocycles. The third kappa shape index (κ3) is 4.52. The number of rotatable bonds is 7. The molecular formula is C25H27NO7. The van der Waals surface area contributed by atoms with Gasteiger partial charge in [0.05, 0.1) is 20.3 Å². The molecular weight excluding hydrogens is 426 g/mol. The lowest BCUT2D eigenvalue weighted by molar-refractivity contribution is -0.138. The molecule has 0 saturated heterocycles. The van der Waals surface area contributed by atoms with Gasteiger partial charge in [-0.3, -0.25) is 4.79 Å². The smallest absolute Gasteiger partial charge is 0.336 e. The van der Waals surface area contributed by atoms with Crippen molar-refractivity contribution in [1.82, 2.24) is 4.90 Å². The van der Waals surface area contributed by atoms with E-state index in [2.05, 4.69) is 0 Å². The van der Waals surface area contributed by atoms with E-state index in [9.17, 15) is 9.59 Å². The zero-order valence-corrected chi connectivity index (χ0v) is 19.2. The number of fused-ring (bicyclic) bond motifs is 2. The van der Waals surface area contributed by atoms with Crippen molar-refractivity contribution in [3.8, 4) is 17.2 Å². The summed E-state index contributed by atoms with van der Waals surface area (Å²) in [4.78, 5) is 26.3. The second kappa shape index (κ2) is 9.54. The fraction of sp³-hybridized carbons (Fsp3) is 0.360. The second-order valence-electron chi connectivity index (χ2n) is 7.91. The van der Waals surface area contributed by atoms with Crippen LogP contribution in [-0.4, -0.2) is 51.9 Å². The van der Waals surface area contributed by atoms with Crippen molar-refractivity contribution >= 4 is 16.9 Å². The first-order chi connectivity index (χ1) is 15.9. The molecule has 1 aliphatic heterocycles. The number of amides is 1. The molecule has 3 aromatic rings. The predicted molar refractivity (Wildman–Crippen MR) is 122 cm³/mol. The standard InChI is InChI=1S/C25H27NO7/c1-15-9-25(28)33-21-11-17(5-6-18(15)21)32-13-20-19-12-23(31-4)22(30-3)10-16(19)7-8-26(20)24(27)14-29-2/h5-6,9-12,20H,7-8,13-14H2,1-4H3. The van der Waals surface area contributed by atoms with Gasteiger partial charge in [-0.15, -0.1) is 0 Å². The molecule has 0 saturated carbocycles. The number of methoxy groups -OCH3 is 3. The number of hydrogen-bond acceptors (Lipinski definition) is 7. The van der Waals surface area contributed by atoms with Gasteiger partial charge in [0, 0.05) is 31.2 Å². The molecule has 4 rings (SSSR count). The molecule has 2 aromatic carbocycles. The lowest BCUT2D eigenvalue weighted by Crippen LogP contribution is -2.44. The highest BCUT2D eigenvalue weighted by Crippen LogP contribution is 2.38. The van der Waals surface area contributed by atoms with Gasteiger partial charge in [-0.25, -0.2) is 4.79 Å². The number of nitrogens with zero attached hydrogens (tertiary/aromatic N) is 1. The molecule has 8 heteroatoms. The van der Waals surface area contributed by atoms with Crippen LogP contribution < -0.4 is 19.8 Å². The van der Waals surface area contributed by atoms with E-state index in [1.165, 1.54) is 13.2 Å². The van der Waals surface area contributed by atoms with E-state index in [0.29, 0.717) is 35.8 Å². The third-order valence-corrected chi connectivity index (χ3v) is 5.92. The largest absolute Gasteiger partial charge is 0.493 e. The van der Waals surface area contributed by atoms with Crippen LogP contribution in [0.2, 0.25) is 0 Å². The van der Waals surface area contributed by atoms with Crippen molar-refractivity contribution in [2.24, 2.45) is 0 Å². The molecule has 33 heavy (non-hydrogen) atoms. The molecule has 0 radical (unpaired) electrons.